The SMILES string of the molecule is COC(=O)[C@H]1[C@H](CBr)[C@]2(C)O[C@@]1(C)CC2=O. The maximum atomic E-state index is 11.9. The fourth-order valence-corrected chi connectivity index (χ4v) is 4.04. The number of halogens is 1. The van der Waals surface area contributed by atoms with Crippen molar-refractivity contribution in [2.75, 3.05) is 12.4 Å². The van der Waals surface area contributed by atoms with Crippen molar-refractivity contribution in [2.45, 2.75) is 31.5 Å². The van der Waals surface area contributed by atoms with Crippen LogP contribution in [0.4, 0.5) is 0 Å². The molecule has 2 rings (SSSR count). The lowest BCUT2D eigenvalue weighted by Crippen LogP contribution is -2.48. The summed E-state index contributed by atoms with van der Waals surface area (Å²) in [6, 6.07) is 0. The molecule has 0 aromatic carbocycles. The molecule has 90 valence electrons. The van der Waals surface area contributed by atoms with E-state index in [9.17, 15) is 9.59 Å². The maximum Gasteiger partial charge on any atom is 0.312 e. The van der Waals surface area contributed by atoms with Gasteiger partial charge < -0.3 is 9.47 Å². The van der Waals surface area contributed by atoms with Crippen LogP contribution in [0.2, 0.25) is 0 Å². The molecule has 0 aromatic rings. The van der Waals surface area contributed by atoms with Crippen LogP contribution in [0.5, 0.6) is 0 Å². The first-order chi connectivity index (χ1) is 7.39. The van der Waals surface area contributed by atoms with Crippen molar-refractivity contribution in [3.05, 3.63) is 0 Å². The van der Waals surface area contributed by atoms with Crippen LogP contribution in [0.1, 0.15) is 20.3 Å². The zero-order valence-electron chi connectivity index (χ0n) is 9.58. The van der Waals surface area contributed by atoms with Crippen LogP contribution in [0.3, 0.4) is 0 Å². The second-order valence-corrected chi connectivity index (χ2v) is 5.53. The van der Waals surface area contributed by atoms with Gasteiger partial charge >= 0.3 is 5.97 Å². The van der Waals surface area contributed by atoms with Gasteiger partial charge in [0.05, 0.1) is 18.6 Å². The number of fused-ring (bicyclic) bond motifs is 2. The molecule has 2 bridgehead atoms. The fourth-order valence-electron chi connectivity index (χ4n) is 3.05. The van der Waals surface area contributed by atoms with E-state index >= 15 is 0 Å². The molecular weight excluding hydrogens is 276 g/mol. The van der Waals surface area contributed by atoms with Crippen LogP contribution >= 0.6 is 15.9 Å². The number of Topliss-reactive ketones (excluding diaryl/α,β-unsaturated/α-hetero) is 1. The molecule has 0 saturated carbocycles. The van der Waals surface area contributed by atoms with Gasteiger partial charge in [-0.05, 0) is 13.8 Å². The highest BCUT2D eigenvalue weighted by Crippen LogP contribution is 2.56. The third kappa shape index (κ3) is 1.31. The fraction of sp³-hybridized carbons (Fsp3) is 0.818. The molecule has 0 N–H and O–H groups in total. The topological polar surface area (TPSA) is 52.6 Å². The smallest absolute Gasteiger partial charge is 0.312 e. The molecule has 0 radical (unpaired) electrons. The predicted molar refractivity (Wildman–Crippen MR) is 60.3 cm³/mol. The minimum Gasteiger partial charge on any atom is -0.469 e. The molecule has 0 unspecified atom stereocenters. The van der Waals surface area contributed by atoms with Crippen molar-refractivity contribution in [1.29, 1.82) is 0 Å². The first-order valence-electron chi connectivity index (χ1n) is 5.26. The van der Waals surface area contributed by atoms with Crippen LogP contribution in [0.15, 0.2) is 0 Å². The third-order valence-corrected chi connectivity index (χ3v) is 4.60. The second kappa shape index (κ2) is 3.53. The zero-order chi connectivity index (χ0) is 12.1. The average Bonchev–Trinajstić information content (AvgIpc) is 2.58. The van der Waals surface area contributed by atoms with Gasteiger partial charge in [-0.15, -0.1) is 0 Å². The summed E-state index contributed by atoms with van der Waals surface area (Å²) in [5.41, 5.74) is -1.53. The van der Waals surface area contributed by atoms with Crippen LogP contribution in [-0.2, 0) is 19.1 Å². The van der Waals surface area contributed by atoms with Crippen molar-refractivity contribution < 1.29 is 19.1 Å². The Kier molecular flexibility index (Phi) is 2.66. The molecule has 16 heavy (non-hydrogen) atoms. The Morgan fingerprint density at radius 2 is 2.25 bits per heavy atom. The van der Waals surface area contributed by atoms with Gasteiger partial charge in [-0.25, -0.2) is 0 Å². The quantitative estimate of drug-likeness (QED) is 0.568. The standard InChI is InChI=1S/C11H15BrO4/c1-10-4-7(13)11(2,16-10)6(5-12)8(10)9(14)15-3/h6,8H,4-5H2,1-3H3/t6-,8+,10-,11-/m0/s1. The Morgan fingerprint density at radius 3 is 2.75 bits per heavy atom. The summed E-state index contributed by atoms with van der Waals surface area (Å²) in [6.45, 7) is 3.59. The van der Waals surface area contributed by atoms with Crippen LogP contribution in [0, 0.1) is 11.8 Å². The van der Waals surface area contributed by atoms with Gasteiger partial charge in [-0.2, -0.15) is 0 Å². The molecule has 2 aliphatic rings. The maximum absolute atomic E-state index is 11.9. The lowest BCUT2D eigenvalue weighted by Gasteiger charge is -2.32. The van der Waals surface area contributed by atoms with Crippen LogP contribution < -0.4 is 0 Å². The van der Waals surface area contributed by atoms with Crippen molar-refractivity contribution in [3.63, 3.8) is 0 Å². The molecule has 0 spiro atoms. The highest BCUT2D eigenvalue weighted by Gasteiger charge is 2.69. The average molecular weight is 291 g/mol. The summed E-state index contributed by atoms with van der Waals surface area (Å²) in [7, 11) is 1.37. The van der Waals surface area contributed by atoms with E-state index in [0.29, 0.717) is 11.8 Å². The summed E-state index contributed by atoms with van der Waals surface area (Å²) >= 11 is 3.36. The Balaban J connectivity index is 2.42. The monoisotopic (exact) mass is 290 g/mol. The van der Waals surface area contributed by atoms with E-state index in [1.807, 2.05) is 6.92 Å². The molecule has 0 aliphatic carbocycles. The number of rotatable bonds is 2. The first kappa shape index (κ1) is 12.0. The van der Waals surface area contributed by atoms with E-state index in [2.05, 4.69) is 15.9 Å². The Morgan fingerprint density at radius 1 is 1.62 bits per heavy atom. The summed E-state index contributed by atoms with van der Waals surface area (Å²) < 4.78 is 10.6. The molecule has 0 amide bonds. The lowest BCUT2D eigenvalue weighted by molar-refractivity contribution is -0.151. The number of alkyl halides is 1. The Labute approximate surface area is 103 Å². The number of carbonyl (C=O) groups excluding carboxylic acids is 2. The summed E-state index contributed by atoms with van der Waals surface area (Å²) in [4.78, 5) is 23.7. The van der Waals surface area contributed by atoms with E-state index in [-0.39, 0.29) is 23.6 Å². The number of ether oxygens (including phenoxy) is 2. The van der Waals surface area contributed by atoms with E-state index in [4.69, 9.17) is 9.47 Å². The molecule has 5 heteroatoms. The highest BCUT2D eigenvalue weighted by molar-refractivity contribution is 9.09. The van der Waals surface area contributed by atoms with E-state index in [1.54, 1.807) is 6.92 Å². The Hall–Kier alpha value is -0.420. The molecule has 2 heterocycles. The highest BCUT2D eigenvalue weighted by atomic mass is 79.9. The largest absolute Gasteiger partial charge is 0.469 e. The van der Waals surface area contributed by atoms with E-state index < -0.39 is 11.2 Å². The molecular formula is C11H15BrO4. The number of hydrogen-bond donors (Lipinski definition) is 0. The Bertz CT molecular complexity index is 356. The molecule has 2 fully saturated rings. The van der Waals surface area contributed by atoms with Gasteiger partial charge in [0.1, 0.15) is 5.60 Å². The molecule has 4 atom stereocenters. The number of carbonyl (C=O) groups is 2. The number of ketones is 1. The third-order valence-electron chi connectivity index (χ3n) is 3.90. The van der Waals surface area contributed by atoms with Gasteiger partial charge in [0, 0.05) is 17.7 Å². The summed E-state index contributed by atoms with van der Waals surface area (Å²) in [5, 5.41) is 0.560. The van der Waals surface area contributed by atoms with E-state index in [0.717, 1.165) is 0 Å². The van der Waals surface area contributed by atoms with Gasteiger partial charge in [0.2, 0.25) is 0 Å². The van der Waals surface area contributed by atoms with Gasteiger partial charge in [-0.1, -0.05) is 15.9 Å². The molecule has 4 nitrogen and oxygen atoms in total. The molecule has 2 saturated heterocycles. The minimum absolute atomic E-state index is 0.0830. The first-order valence-corrected chi connectivity index (χ1v) is 6.38. The van der Waals surface area contributed by atoms with Crippen molar-refractivity contribution in [2.24, 2.45) is 11.8 Å². The summed E-state index contributed by atoms with van der Waals surface area (Å²) in [5.74, 6) is -0.714. The molecule has 2 aliphatic heterocycles. The summed E-state index contributed by atoms with van der Waals surface area (Å²) in [6.07, 6.45) is 0.298. The minimum atomic E-state index is -0.836. The van der Waals surface area contributed by atoms with Gasteiger partial charge in [-0.3, -0.25) is 9.59 Å². The van der Waals surface area contributed by atoms with Crippen molar-refractivity contribution in [3.8, 4) is 0 Å². The van der Waals surface area contributed by atoms with Crippen LogP contribution in [0.25, 0.3) is 0 Å². The number of esters is 1. The van der Waals surface area contributed by atoms with Crippen LogP contribution in [-0.4, -0.2) is 35.4 Å². The van der Waals surface area contributed by atoms with E-state index in [1.165, 1.54) is 7.11 Å². The van der Waals surface area contributed by atoms with Gasteiger partial charge in [0.15, 0.2) is 5.78 Å². The number of hydrogen-bond acceptors (Lipinski definition) is 4. The molecule has 0 aromatic heterocycles. The second-order valence-electron chi connectivity index (χ2n) is 4.88. The zero-order valence-corrected chi connectivity index (χ0v) is 11.2. The number of methoxy groups -OCH3 is 1. The van der Waals surface area contributed by atoms with Crippen molar-refractivity contribution in [1.82, 2.24) is 0 Å². The predicted octanol–water partition coefficient (Wildman–Crippen LogP) is 1.31. The van der Waals surface area contributed by atoms with Crippen molar-refractivity contribution >= 4 is 27.7 Å². The van der Waals surface area contributed by atoms with Gasteiger partial charge in [0.25, 0.3) is 0 Å². The normalized spacial score (nSPS) is 46.1. The lowest BCUT2D eigenvalue weighted by atomic mass is 9.68.